The van der Waals surface area contributed by atoms with E-state index in [-0.39, 0.29) is 30.3 Å². The van der Waals surface area contributed by atoms with Crippen molar-refractivity contribution in [1.82, 2.24) is 29.1 Å². The minimum Gasteiger partial charge on any atom is -0.481 e. The zero-order valence-electron chi connectivity index (χ0n) is 24.9. The van der Waals surface area contributed by atoms with Gasteiger partial charge < -0.3 is 19.0 Å². The third-order valence-electron chi connectivity index (χ3n) is 8.36. The maximum atomic E-state index is 13.6. The maximum Gasteiger partial charge on any atom is 0.401 e. The lowest BCUT2D eigenvalue weighted by molar-refractivity contribution is -0.149. The van der Waals surface area contributed by atoms with Crippen LogP contribution in [0.4, 0.5) is 13.2 Å². The summed E-state index contributed by atoms with van der Waals surface area (Å²) in [6, 6.07) is 3.59. The monoisotopic (exact) mass is 599 g/mol. The molecule has 2 unspecified atom stereocenters. The minimum absolute atomic E-state index is 0.0801. The van der Waals surface area contributed by atoms with Crippen LogP contribution in [0.2, 0.25) is 0 Å². The summed E-state index contributed by atoms with van der Waals surface area (Å²) in [6.07, 6.45) is 3.00. The zero-order chi connectivity index (χ0) is 31.1. The number of nitrogens with zero attached hydrogens (tertiary/aromatic N) is 6. The first-order valence-corrected chi connectivity index (χ1v) is 14.2. The van der Waals surface area contributed by atoms with Crippen molar-refractivity contribution in [3.63, 3.8) is 0 Å². The highest BCUT2D eigenvalue weighted by Crippen LogP contribution is 2.32. The summed E-state index contributed by atoms with van der Waals surface area (Å²) >= 11 is 0. The van der Waals surface area contributed by atoms with Crippen molar-refractivity contribution in [1.29, 1.82) is 0 Å². The summed E-state index contributed by atoms with van der Waals surface area (Å²) in [5, 5.41) is 2.92. The number of halogens is 3. The van der Waals surface area contributed by atoms with E-state index in [0.717, 1.165) is 33.7 Å². The molecule has 3 aromatic rings. The van der Waals surface area contributed by atoms with Crippen molar-refractivity contribution in [3.8, 4) is 11.4 Å². The first kappa shape index (κ1) is 30.5. The number of fused-ring (bicyclic) bond motifs is 1. The molecular formula is C30H36F3N7O3. The molecule has 0 spiro atoms. The smallest absolute Gasteiger partial charge is 0.401 e. The number of carbonyl (C=O) groups is 2. The van der Waals surface area contributed by atoms with Crippen molar-refractivity contribution in [2.24, 2.45) is 18.0 Å². The molecule has 2 atom stereocenters. The number of pyridine rings is 1. The standard InChI is InChI=1S/C30H36F3N7O3/c1-18-12-25(43-5)36-29(42)24(18)15-35-28(41)23-14-22-13-21(27-34-6-7-37(27)4)16-40(22)26(19(23)2)20(3)39-10-8-38(9-11-39)17-30(31,32)33/h6-7,12-14,16,20,24H,8-11,15,17H2,1-5H3,(H,35,41). The first-order chi connectivity index (χ1) is 20.4. The maximum absolute atomic E-state index is 13.6. The number of hydrogen-bond acceptors (Lipinski definition) is 6. The fraction of sp³-hybridized carbons (Fsp3) is 0.467. The van der Waals surface area contributed by atoms with Gasteiger partial charge in [-0.25, -0.2) is 4.98 Å². The van der Waals surface area contributed by atoms with Crippen molar-refractivity contribution in [2.45, 2.75) is 33.0 Å². The van der Waals surface area contributed by atoms with E-state index >= 15 is 0 Å². The van der Waals surface area contributed by atoms with Crippen LogP contribution in [0.5, 0.6) is 0 Å². The van der Waals surface area contributed by atoms with Gasteiger partial charge in [-0.05, 0) is 38.5 Å². The van der Waals surface area contributed by atoms with Crippen LogP contribution in [0.1, 0.15) is 41.5 Å². The van der Waals surface area contributed by atoms with Gasteiger partial charge in [0.2, 0.25) is 5.90 Å². The fourth-order valence-electron chi connectivity index (χ4n) is 5.98. The third-order valence-corrected chi connectivity index (χ3v) is 8.36. The number of aliphatic imine (C=N–C) groups is 1. The highest BCUT2D eigenvalue weighted by atomic mass is 19.4. The summed E-state index contributed by atoms with van der Waals surface area (Å²) in [5.41, 5.74) is 4.47. The second-order valence-electron chi connectivity index (χ2n) is 11.2. The SMILES string of the molecule is COC1=NC(=O)C(CNC(=O)c2cc3cc(-c4nccn4C)cn3c(C(C)N3CCN(CC(F)(F)F)CC3)c2C)C(C)=C1. The average molecular weight is 600 g/mol. The van der Waals surface area contributed by atoms with Crippen molar-refractivity contribution < 1.29 is 27.5 Å². The topological polar surface area (TPSA) is 96.5 Å². The van der Waals surface area contributed by atoms with Gasteiger partial charge in [-0.15, -0.1) is 0 Å². The van der Waals surface area contributed by atoms with Crippen molar-refractivity contribution >= 4 is 23.2 Å². The van der Waals surface area contributed by atoms with E-state index in [1.165, 1.54) is 12.0 Å². The molecule has 5 heterocycles. The molecule has 0 aliphatic carbocycles. The lowest BCUT2D eigenvalue weighted by atomic mass is 9.96. The molecule has 3 aromatic heterocycles. The van der Waals surface area contributed by atoms with Crippen molar-refractivity contribution in [3.05, 3.63) is 59.2 Å². The van der Waals surface area contributed by atoms with E-state index in [2.05, 4.69) is 20.2 Å². The van der Waals surface area contributed by atoms with Gasteiger partial charge in [0, 0.05) is 92.8 Å². The van der Waals surface area contributed by atoms with Gasteiger partial charge in [0.05, 0.1) is 19.6 Å². The highest BCUT2D eigenvalue weighted by Gasteiger charge is 2.34. The molecule has 1 fully saturated rings. The Morgan fingerprint density at radius 3 is 2.51 bits per heavy atom. The Bertz CT molecular complexity index is 1600. The number of ether oxygens (including phenoxy) is 1. The van der Waals surface area contributed by atoms with E-state index in [1.807, 2.05) is 54.4 Å². The number of nitrogens with one attached hydrogen (secondary N) is 1. The number of piperazine rings is 1. The molecule has 0 saturated carbocycles. The number of aromatic nitrogens is 3. The molecule has 43 heavy (non-hydrogen) atoms. The largest absolute Gasteiger partial charge is 0.481 e. The van der Waals surface area contributed by atoms with Crippen LogP contribution < -0.4 is 5.32 Å². The molecule has 0 aromatic carbocycles. The molecule has 1 N–H and O–H groups in total. The Morgan fingerprint density at radius 1 is 1.19 bits per heavy atom. The normalized spacial score (nSPS) is 19.3. The zero-order valence-corrected chi connectivity index (χ0v) is 24.9. The summed E-state index contributed by atoms with van der Waals surface area (Å²) < 4.78 is 48.0. The second kappa shape index (κ2) is 12.0. The summed E-state index contributed by atoms with van der Waals surface area (Å²) in [5.74, 6) is -0.303. The van der Waals surface area contributed by atoms with Gasteiger partial charge >= 0.3 is 6.18 Å². The predicted molar refractivity (Wildman–Crippen MR) is 156 cm³/mol. The van der Waals surface area contributed by atoms with Crippen LogP contribution in [-0.2, 0) is 16.6 Å². The molecular weight excluding hydrogens is 563 g/mol. The summed E-state index contributed by atoms with van der Waals surface area (Å²) in [7, 11) is 3.35. The number of hydrogen-bond donors (Lipinski definition) is 1. The van der Waals surface area contributed by atoms with Crippen LogP contribution in [0, 0.1) is 12.8 Å². The fourth-order valence-corrected chi connectivity index (χ4v) is 5.98. The summed E-state index contributed by atoms with van der Waals surface area (Å²) in [6.45, 7) is 6.37. The molecule has 2 aliphatic rings. The third kappa shape index (κ3) is 6.37. The molecule has 2 amide bonds. The highest BCUT2D eigenvalue weighted by molar-refractivity contribution is 6.03. The number of methoxy groups -OCH3 is 1. The molecule has 2 aliphatic heterocycles. The number of rotatable bonds is 7. The Hall–Kier alpha value is -3.97. The van der Waals surface area contributed by atoms with Crippen molar-refractivity contribution in [2.75, 3.05) is 46.4 Å². The predicted octanol–water partition coefficient (Wildman–Crippen LogP) is 3.77. The van der Waals surface area contributed by atoms with E-state index in [0.29, 0.717) is 31.7 Å². The van der Waals surface area contributed by atoms with Crippen LogP contribution in [0.3, 0.4) is 0 Å². The van der Waals surface area contributed by atoms with Gasteiger partial charge in [0.15, 0.2) is 0 Å². The van der Waals surface area contributed by atoms with E-state index in [4.69, 9.17) is 4.74 Å². The lowest BCUT2D eigenvalue weighted by Crippen LogP contribution is -2.50. The van der Waals surface area contributed by atoms with Crippen LogP contribution >= 0.6 is 0 Å². The molecule has 1 saturated heterocycles. The molecule has 5 rings (SSSR count). The van der Waals surface area contributed by atoms with Crippen LogP contribution in [0.15, 0.2) is 47.4 Å². The number of alkyl halides is 3. The van der Waals surface area contributed by atoms with E-state index < -0.39 is 18.6 Å². The summed E-state index contributed by atoms with van der Waals surface area (Å²) in [4.78, 5) is 38.2. The first-order valence-electron chi connectivity index (χ1n) is 14.2. The Kier molecular flexibility index (Phi) is 8.48. The molecule has 10 nitrogen and oxygen atoms in total. The lowest BCUT2D eigenvalue weighted by Gasteiger charge is -2.39. The number of imidazole rings is 1. The van der Waals surface area contributed by atoms with Gasteiger partial charge in [0.25, 0.3) is 11.8 Å². The van der Waals surface area contributed by atoms with E-state index in [9.17, 15) is 22.8 Å². The number of amides is 2. The molecule has 230 valence electrons. The number of dihydropyridines is 1. The van der Waals surface area contributed by atoms with Gasteiger partial charge in [-0.2, -0.15) is 18.2 Å². The van der Waals surface area contributed by atoms with Gasteiger partial charge in [0.1, 0.15) is 5.82 Å². The van der Waals surface area contributed by atoms with E-state index in [1.54, 1.807) is 19.2 Å². The Morgan fingerprint density at radius 2 is 1.91 bits per heavy atom. The Labute approximate surface area is 247 Å². The van der Waals surface area contributed by atoms with Gasteiger partial charge in [-0.3, -0.25) is 19.4 Å². The average Bonchev–Trinajstić information content (AvgIpc) is 3.56. The second-order valence-corrected chi connectivity index (χ2v) is 11.2. The Balaban J connectivity index is 1.46. The van der Waals surface area contributed by atoms with Gasteiger partial charge in [-0.1, -0.05) is 5.57 Å². The molecule has 0 radical (unpaired) electrons. The van der Waals surface area contributed by atoms with Crippen LogP contribution in [-0.4, -0.2) is 94.0 Å². The minimum atomic E-state index is -4.24. The molecule has 0 bridgehead atoms. The number of aryl methyl sites for hydroxylation is 1. The molecule has 13 heteroatoms. The quantitative estimate of drug-likeness (QED) is 0.445. The van der Waals surface area contributed by atoms with Crippen LogP contribution in [0.25, 0.3) is 16.9 Å². The number of carbonyl (C=O) groups excluding carboxylic acids is 2.